The normalized spacial score (nSPS) is 15.5. The molecule has 2 atom stereocenters. The number of carbonyl (C=O) groups excluding carboxylic acids is 2. The molecule has 178 valence electrons. The zero-order valence-corrected chi connectivity index (χ0v) is 22.1. The molecular weight excluding hydrogens is 625 g/mol. The van der Waals surface area contributed by atoms with E-state index >= 15 is 0 Å². The molecule has 16 heteroatoms. The SMILES string of the molecule is O=C(OOC(=O)C(Cl)(Cl)C(Cl)CCCC(F)(Cl)Cl)C(Cl)(Cl)C(Cl)CCCC(F)(Cl)Cl. The Balaban J connectivity index is 4.68. The first-order valence-corrected chi connectivity index (χ1v) is 11.8. The third-order valence-corrected chi connectivity index (χ3v) is 7.32. The molecule has 0 saturated heterocycles. The minimum Gasteiger partial charge on any atom is -0.244 e. The van der Waals surface area contributed by atoms with Crippen molar-refractivity contribution < 1.29 is 28.1 Å². The number of halogens is 12. The van der Waals surface area contributed by atoms with Gasteiger partial charge in [-0.1, -0.05) is 92.8 Å². The van der Waals surface area contributed by atoms with E-state index in [0.29, 0.717) is 0 Å². The standard InChI is InChI=1S/C14H14Cl10F2O4/c15-7(3-1-5-11(17,18)25)13(21,22)9(27)29-30-10(28)14(23,24)8(16)4-2-6-12(19,20)26/h7-8H,1-6H2. The lowest BCUT2D eigenvalue weighted by atomic mass is 10.1. The molecule has 0 N–H and O–H groups in total. The van der Waals surface area contributed by atoms with Gasteiger partial charge in [0.15, 0.2) is 0 Å². The number of hydrogen-bond donors (Lipinski definition) is 0. The van der Waals surface area contributed by atoms with E-state index in [-0.39, 0.29) is 38.5 Å². The Morgan fingerprint density at radius 3 is 1.17 bits per heavy atom. The van der Waals surface area contributed by atoms with Crippen LogP contribution >= 0.6 is 116 Å². The van der Waals surface area contributed by atoms with Gasteiger partial charge in [-0.25, -0.2) is 28.1 Å². The van der Waals surface area contributed by atoms with Crippen LogP contribution in [0.4, 0.5) is 8.78 Å². The maximum atomic E-state index is 13.0. The molecule has 0 bridgehead atoms. The molecule has 2 unspecified atom stereocenters. The van der Waals surface area contributed by atoms with Crippen LogP contribution in [0.15, 0.2) is 0 Å². The molecule has 0 aliphatic heterocycles. The largest absolute Gasteiger partial charge is 0.392 e. The van der Waals surface area contributed by atoms with E-state index in [0.717, 1.165) is 0 Å². The Labute approximate surface area is 221 Å². The molecule has 0 saturated carbocycles. The lowest BCUT2D eigenvalue weighted by molar-refractivity contribution is -0.260. The Morgan fingerprint density at radius 2 is 0.933 bits per heavy atom. The second-order valence-electron chi connectivity index (χ2n) is 5.94. The van der Waals surface area contributed by atoms with Gasteiger partial charge in [0.1, 0.15) is 0 Å². The van der Waals surface area contributed by atoms with E-state index in [1.807, 2.05) is 0 Å². The van der Waals surface area contributed by atoms with Gasteiger partial charge in [-0.05, 0) is 25.7 Å². The zero-order chi connectivity index (χ0) is 24.0. The summed E-state index contributed by atoms with van der Waals surface area (Å²) in [4.78, 5) is 32.5. The van der Waals surface area contributed by atoms with Gasteiger partial charge in [0.2, 0.25) is 8.67 Å². The molecular formula is C14H14Cl10F2O4. The summed E-state index contributed by atoms with van der Waals surface area (Å²) in [6, 6.07) is 0. The van der Waals surface area contributed by atoms with Crippen molar-refractivity contribution in [3.63, 3.8) is 0 Å². The highest BCUT2D eigenvalue weighted by Crippen LogP contribution is 2.38. The third kappa shape index (κ3) is 12.2. The summed E-state index contributed by atoms with van der Waals surface area (Å²) < 4.78 is 16.3. The highest BCUT2D eigenvalue weighted by Gasteiger charge is 2.48. The minimum absolute atomic E-state index is 0.0110. The van der Waals surface area contributed by atoms with E-state index < -0.39 is 40.5 Å². The summed E-state index contributed by atoms with van der Waals surface area (Å²) in [5.74, 6) is -2.96. The Bertz CT molecular complexity index is 530. The summed E-state index contributed by atoms with van der Waals surface area (Å²) in [5, 5.41) is -2.60. The van der Waals surface area contributed by atoms with Crippen LogP contribution in [0.25, 0.3) is 0 Å². The van der Waals surface area contributed by atoms with E-state index in [1.165, 1.54) is 0 Å². The van der Waals surface area contributed by atoms with Gasteiger partial charge in [0.25, 0.3) is 9.17 Å². The molecule has 30 heavy (non-hydrogen) atoms. The Morgan fingerprint density at radius 1 is 0.667 bits per heavy atom. The topological polar surface area (TPSA) is 52.6 Å². The maximum absolute atomic E-state index is 13.0. The van der Waals surface area contributed by atoms with Crippen molar-refractivity contribution in [1.82, 2.24) is 0 Å². The quantitative estimate of drug-likeness (QED) is 0.123. The van der Waals surface area contributed by atoms with Crippen molar-refractivity contribution in [2.24, 2.45) is 0 Å². The summed E-state index contributed by atoms with van der Waals surface area (Å²) in [5.41, 5.74) is 0. The van der Waals surface area contributed by atoms with Gasteiger partial charge >= 0.3 is 11.9 Å². The van der Waals surface area contributed by atoms with E-state index in [1.54, 1.807) is 0 Å². The molecule has 0 heterocycles. The fourth-order valence-corrected chi connectivity index (χ4v) is 3.35. The van der Waals surface area contributed by atoms with Crippen molar-refractivity contribution in [3.05, 3.63) is 0 Å². The molecule has 0 radical (unpaired) electrons. The van der Waals surface area contributed by atoms with Crippen LogP contribution < -0.4 is 0 Å². The van der Waals surface area contributed by atoms with Crippen molar-refractivity contribution in [1.29, 1.82) is 0 Å². The average Bonchev–Trinajstić information content (AvgIpc) is 2.56. The highest BCUT2D eigenvalue weighted by atomic mass is 35.5. The first kappa shape index (κ1) is 31.7. The van der Waals surface area contributed by atoms with Gasteiger partial charge in [0.05, 0.1) is 10.8 Å². The van der Waals surface area contributed by atoms with Crippen LogP contribution in [0.5, 0.6) is 0 Å². The average molecular weight is 639 g/mol. The summed E-state index contributed by atoms with van der Waals surface area (Å²) in [6.07, 6.45) is -0.809. The fraction of sp³-hybridized carbons (Fsp3) is 0.857. The minimum atomic E-state index is -2.49. The van der Waals surface area contributed by atoms with Gasteiger partial charge in [-0.15, -0.1) is 23.2 Å². The first-order valence-electron chi connectivity index (χ1n) is 7.91. The number of hydrogen-bond acceptors (Lipinski definition) is 4. The predicted molar refractivity (Wildman–Crippen MR) is 119 cm³/mol. The first-order chi connectivity index (χ1) is 13.3. The van der Waals surface area contributed by atoms with Crippen molar-refractivity contribution in [2.45, 2.75) is 67.1 Å². The van der Waals surface area contributed by atoms with Crippen molar-refractivity contribution in [2.75, 3.05) is 0 Å². The van der Waals surface area contributed by atoms with Gasteiger partial charge in [0, 0.05) is 12.8 Å². The lowest BCUT2D eigenvalue weighted by Gasteiger charge is -2.24. The van der Waals surface area contributed by atoms with Gasteiger partial charge in [-0.3, -0.25) is 0 Å². The molecule has 0 aliphatic rings. The highest BCUT2D eigenvalue weighted by molar-refractivity contribution is 6.61. The molecule has 0 rings (SSSR count). The summed E-state index contributed by atoms with van der Waals surface area (Å²) in [7, 11) is 0. The summed E-state index contributed by atoms with van der Waals surface area (Å²) >= 11 is 55.8. The molecule has 0 fully saturated rings. The predicted octanol–water partition coefficient (Wildman–Crippen LogP) is 8.09. The van der Waals surface area contributed by atoms with E-state index in [2.05, 4.69) is 9.78 Å². The smallest absolute Gasteiger partial charge is 0.244 e. The van der Waals surface area contributed by atoms with Gasteiger partial charge in [-0.2, -0.15) is 0 Å². The molecule has 4 nitrogen and oxygen atoms in total. The van der Waals surface area contributed by atoms with Crippen LogP contribution in [0.3, 0.4) is 0 Å². The van der Waals surface area contributed by atoms with Crippen molar-refractivity contribution in [3.8, 4) is 0 Å². The van der Waals surface area contributed by atoms with E-state index in [9.17, 15) is 18.4 Å². The van der Waals surface area contributed by atoms with Crippen LogP contribution in [0.2, 0.25) is 0 Å². The molecule has 0 aromatic carbocycles. The molecule has 0 spiro atoms. The number of alkyl halides is 12. The summed E-state index contributed by atoms with van der Waals surface area (Å²) in [6.45, 7) is 0. The van der Waals surface area contributed by atoms with E-state index in [4.69, 9.17) is 116 Å². The lowest BCUT2D eigenvalue weighted by Crippen LogP contribution is -2.41. The maximum Gasteiger partial charge on any atom is 0.392 e. The van der Waals surface area contributed by atoms with Crippen LogP contribution in [0, 0.1) is 0 Å². The molecule has 0 amide bonds. The van der Waals surface area contributed by atoms with Crippen LogP contribution in [0.1, 0.15) is 38.5 Å². The monoisotopic (exact) mass is 634 g/mol. The number of rotatable bonds is 12. The van der Waals surface area contributed by atoms with Crippen LogP contribution in [-0.2, 0) is 19.4 Å². The fourth-order valence-electron chi connectivity index (χ4n) is 1.77. The second-order valence-corrected chi connectivity index (χ2v) is 12.5. The second kappa shape index (κ2) is 13.0. The number of carbonyl (C=O) groups is 2. The Hall–Kier alpha value is 1.70. The zero-order valence-electron chi connectivity index (χ0n) is 14.6. The van der Waals surface area contributed by atoms with Crippen molar-refractivity contribution >= 4 is 128 Å². The molecule has 0 aliphatic carbocycles. The van der Waals surface area contributed by atoms with Gasteiger partial charge < -0.3 is 0 Å². The Kier molecular flexibility index (Phi) is 13.7. The molecule has 0 aromatic heterocycles. The molecule has 0 aromatic rings. The third-order valence-electron chi connectivity index (χ3n) is 3.36. The van der Waals surface area contributed by atoms with Crippen LogP contribution in [-0.4, -0.2) is 40.5 Å².